The minimum Gasteiger partial charge on any atom is -0.305 e. The fourth-order valence-corrected chi connectivity index (χ4v) is 1.62. The molecule has 0 heterocycles. The Balaban J connectivity index is 3.00. The normalized spacial score (nSPS) is 10.5. The lowest BCUT2D eigenvalue weighted by Gasteiger charge is -2.11. The van der Waals surface area contributed by atoms with Crippen molar-refractivity contribution in [3.63, 3.8) is 0 Å². The summed E-state index contributed by atoms with van der Waals surface area (Å²) < 4.78 is 0. The van der Waals surface area contributed by atoms with Gasteiger partial charge < -0.3 is 4.90 Å². The number of hydrogen-bond donors (Lipinski definition) is 0. The molecule has 0 N–H and O–H groups in total. The summed E-state index contributed by atoms with van der Waals surface area (Å²) in [5.74, 6) is 0. The minimum absolute atomic E-state index is 1.00. The first-order valence-corrected chi connectivity index (χ1v) is 5.38. The van der Waals surface area contributed by atoms with E-state index < -0.39 is 0 Å². The van der Waals surface area contributed by atoms with Gasteiger partial charge >= 0.3 is 0 Å². The molecular weight excluding hydrogens is 182 g/mol. The molecule has 0 spiro atoms. The van der Waals surface area contributed by atoms with Crippen molar-refractivity contribution in [3.05, 3.63) is 40.5 Å². The van der Waals surface area contributed by atoms with Crippen LogP contribution in [0.25, 0.3) is 6.08 Å². The van der Waals surface area contributed by atoms with Crippen molar-refractivity contribution < 1.29 is 0 Å². The Bertz CT molecular complexity index is 358. The standard InChI is InChI=1S/C14H21N/c1-11(2)8-14-9-13(10-15(4)5)7-6-12(14)3/h6-9H,10H2,1-5H3. The van der Waals surface area contributed by atoms with Gasteiger partial charge in [-0.2, -0.15) is 0 Å². The lowest BCUT2D eigenvalue weighted by atomic mass is 10.0. The summed E-state index contributed by atoms with van der Waals surface area (Å²) in [7, 11) is 4.20. The Labute approximate surface area is 93.4 Å². The van der Waals surface area contributed by atoms with Crippen molar-refractivity contribution in [1.29, 1.82) is 0 Å². The highest BCUT2D eigenvalue weighted by Crippen LogP contribution is 2.15. The molecule has 0 saturated heterocycles. The lowest BCUT2D eigenvalue weighted by molar-refractivity contribution is 0.402. The second kappa shape index (κ2) is 5.13. The van der Waals surface area contributed by atoms with Crippen LogP contribution in [0.15, 0.2) is 23.8 Å². The molecule has 1 heteroatoms. The molecule has 0 bridgehead atoms. The number of benzene rings is 1. The second-order valence-electron chi connectivity index (χ2n) is 4.65. The molecule has 0 aliphatic rings. The van der Waals surface area contributed by atoms with Crippen LogP contribution in [0.1, 0.15) is 30.5 Å². The van der Waals surface area contributed by atoms with E-state index in [-0.39, 0.29) is 0 Å². The summed E-state index contributed by atoms with van der Waals surface area (Å²) in [6.07, 6.45) is 2.24. The zero-order valence-electron chi connectivity index (χ0n) is 10.5. The Morgan fingerprint density at radius 2 is 1.93 bits per heavy atom. The highest BCUT2D eigenvalue weighted by atomic mass is 15.0. The molecule has 1 rings (SSSR count). The number of hydrogen-bond acceptors (Lipinski definition) is 1. The predicted octanol–water partition coefficient (Wildman–Crippen LogP) is 3.48. The SMILES string of the molecule is CC(C)=Cc1cc(CN(C)C)ccc1C. The van der Waals surface area contributed by atoms with Crippen molar-refractivity contribution in [2.24, 2.45) is 0 Å². The van der Waals surface area contributed by atoms with Gasteiger partial charge in [0.2, 0.25) is 0 Å². The Kier molecular flexibility index (Phi) is 4.10. The fraction of sp³-hybridized carbons (Fsp3) is 0.429. The Morgan fingerprint density at radius 3 is 2.47 bits per heavy atom. The van der Waals surface area contributed by atoms with Crippen LogP contribution >= 0.6 is 0 Å². The van der Waals surface area contributed by atoms with E-state index in [9.17, 15) is 0 Å². The Morgan fingerprint density at radius 1 is 1.27 bits per heavy atom. The first-order valence-electron chi connectivity index (χ1n) is 5.38. The van der Waals surface area contributed by atoms with Crippen molar-refractivity contribution in [1.82, 2.24) is 4.90 Å². The van der Waals surface area contributed by atoms with Crippen molar-refractivity contribution in [3.8, 4) is 0 Å². The third kappa shape index (κ3) is 3.88. The number of rotatable bonds is 3. The van der Waals surface area contributed by atoms with Crippen LogP contribution in [-0.4, -0.2) is 19.0 Å². The predicted molar refractivity (Wildman–Crippen MR) is 67.9 cm³/mol. The summed E-state index contributed by atoms with van der Waals surface area (Å²) in [5.41, 5.74) is 5.41. The zero-order valence-corrected chi connectivity index (χ0v) is 10.5. The summed E-state index contributed by atoms with van der Waals surface area (Å²) in [5, 5.41) is 0. The first-order chi connectivity index (χ1) is 6.99. The van der Waals surface area contributed by atoms with Gasteiger partial charge in [-0.1, -0.05) is 29.8 Å². The summed E-state index contributed by atoms with van der Waals surface area (Å²) >= 11 is 0. The maximum atomic E-state index is 2.28. The number of nitrogens with zero attached hydrogens (tertiary/aromatic N) is 1. The molecule has 0 fully saturated rings. The molecule has 0 atom stereocenters. The molecule has 82 valence electrons. The van der Waals surface area contributed by atoms with Gasteiger partial charge in [-0.05, 0) is 51.6 Å². The van der Waals surface area contributed by atoms with Gasteiger partial charge in [-0.25, -0.2) is 0 Å². The van der Waals surface area contributed by atoms with E-state index in [1.807, 2.05) is 0 Å². The molecule has 0 unspecified atom stereocenters. The van der Waals surface area contributed by atoms with Gasteiger partial charge in [-0.15, -0.1) is 0 Å². The number of aryl methyl sites for hydroxylation is 1. The third-order valence-electron chi connectivity index (χ3n) is 2.29. The molecule has 0 saturated carbocycles. The van der Waals surface area contributed by atoms with Gasteiger partial charge in [0.1, 0.15) is 0 Å². The molecule has 1 nitrogen and oxygen atoms in total. The minimum atomic E-state index is 1.00. The van der Waals surface area contributed by atoms with E-state index in [1.165, 1.54) is 22.3 Å². The van der Waals surface area contributed by atoms with Crippen LogP contribution in [-0.2, 0) is 6.54 Å². The van der Waals surface area contributed by atoms with E-state index in [2.05, 4.69) is 64.0 Å². The smallest absolute Gasteiger partial charge is 0.0227 e. The van der Waals surface area contributed by atoms with Crippen LogP contribution in [0.3, 0.4) is 0 Å². The van der Waals surface area contributed by atoms with E-state index in [0.29, 0.717) is 0 Å². The zero-order chi connectivity index (χ0) is 11.4. The van der Waals surface area contributed by atoms with Crippen LogP contribution in [0.2, 0.25) is 0 Å². The van der Waals surface area contributed by atoms with Crippen molar-refractivity contribution in [2.75, 3.05) is 14.1 Å². The Hall–Kier alpha value is -1.08. The molecule has 1 aromatic rings. The maximum Gasteiger partial charge on any atom is 0.0227 e. The molecule has 0 aliphatic carbocycles. The molecule has 0 aromatic heterocycles. The average molecular weight is 203 g/mol. The highest BCUT2D eigenvalue weighted by molar-refractivity contribution is 5.56. The van der Waals surface area contributed by atoms with E-state index >= 15 is 0 Å². The molecule has 0 aliphatic heterocycles. The first kappa shape index (κ1) is 12.0. The van der Waals surface area contributed by atoms with Gasteiger partial charge in [0, 0.05) is 6.54 Å². The van der Waals surface area contributed by atoms with Crippen LogP contribution in [0.4, 0.5) is 0 Å². The molecule has 0 amide bonds. The van der Waals surface area contributed by atoms with Crippen LogP contribution in [0, 0.1) is 6.92 Å². The summed E-state index contributed by atoms with van der Waals surface area (Å²) in [4.78, 5) is 2.19. The molecule has 1 aromatic carbocycles. The fourth-order valence-electron chi connectivity index (χ4n) is 1.62. The summed E-state index contributed by atoms with van der Waals surface area (Å²) in [6.45, 7) is 7.44. The quantitative estimate of drug-likeness (QED) is 0.727. The van der Waals surface area contributed by atoms with Gasteiger partial charge in [0.05, 0.1) is 0 Å². The third-order valence-corrected chi connectivity index (χ3v) is 2.29. The highest BCUT2D eigenvalue weighted by Gasteiger charge is 1.99. The van der Waals surface area contributed by atoms with E-state index in [1.54, 1.807) is 0 Å². The number of allylic oxidation sites excluding steroid dienone is 1. The van der Waals surface area contributed by atoms with Gasteiger partial charge in [0.25, 0.3) is 0 Å². The van der Waals surface area contributed by atoms with Crippen LogP contribution in [0.5, 0.6) is 0 Å². The van der Waals surface area contributed by atoms with Gasteiger partial charge in [0.15, 0.2) is 0 Å². The molecule has 0 radical (unpaired) electrons. The van der Waals surface area contributed by atoms with E-state index in [4.69, 9.17) is 0 Å². The van der Waals surface area contributed by atoms with Crippen molar-refractivity contribution in [2.45, 2.75) is 27.3 Å². The molecule has 15 heavy (non-hydrogen) atoms. The topological polar surface area (TPSA) is 3.24 Å². The van der Waals surface area contributed by atoms with Crippen molar-refractivity contribution >= 4 is 6.08 Å². The average Bonchev–Trinajstić information content (AvgIpc) is 2.09. The lowest BCUT2D eigenvalue weighted by Crippen LogP contribution is -2.10. The molecular formula is C14H21N. The van der Waals surface area contributed by atoms with Gasteiger partial charge in [-0.3, -0.25) is 0 Å². The van der Waals surface area contributed by atoms with Crippen LogP contribution < -0.4 is 0 Å². The monoisotopic (exact) mass is 203 g/mol. The summed E-state index contributed by atoms with van der Waals surface area (Å²) in [6, 6.07) is 6.69. The second-order valence-corrected chi connectivity index (χ2v) is 4.65. The largest absolute Gasteiger partial charge is 0.305 e. The van der Waals surface area contributed by atoms with E-state index in [0.717, 1.165) is 6.54 Å². The maximum absolute atomic E-state index is 2.28.